The molecule has 1 aromatic heterocycles. The first-order valence-corrected chi connectivity index (χ1v) is 6.70. The van der Waals surface area contributed by atoms with Crippen molar-refractivity contribution in [2.75, 3.05) is 12.4 Å². The zero-order valence-corrected chi connectivity index (χ0v) is 10.4. The third kappa shape index (κ3) is 3.22. The maximum atomic E-state index is 6.00. The number of aromatic nitrogens is 2. The van der Waals surface area contributed by atoms with E-state index in [0.717, 1.165) is 19.0 Å². The molecule has 0 aliphatic heterocycles. The lowest BCUT2D eigenvalue weighted by atomic mass is 9.86. The van der Waals surface area contributed by atoms with E-state index in [0.29, 0.717) is 12.0 Å². The molecule has 0 spiro atoms. The fourth-order valence-electron chi connectivity index (χ4n) is 2.46. The Hall–Kier alpha value is -0.540. The molecule has 0 amide bonds. The summed E-state index contributed by atoms with van der Waals surface area (Å²) in [4.78, 5) is 0. The fraction of sp³-hybridized carbons (Fsp3) is 0.750. The second-order valence-electron chi connectivity index (χ2n) is 4.53. The zero-order chi connectivity index (χ0) is 11.2. The highest BCUT2D eigenvalue weighted by Gasteiger charge is 2.23. The van der Waals surface area contributed by atoms with Gasteiger partial charge in [-0.3, -0.25) is 4.68 Å². The van der Waals surface area contributed by atoms with Crippen molar-refractivity contribution in [1.82, 2.24) is 15.1 Å². The summed E-state index contributed by atoms with van der Waals surface area (Å²) in [7, 11) is 0. The van der Waals surface area contributed by atoms with Crippen LogP contribution < -0.4 is 5.32 Å². The Balaban J connectivity index is 1.71. The molecule has 4 heteroatoms. The van der Waals surface area contributed by atoms with Gasteiger partial charge in [0, 0.05) is 30.9 Å². The highest BCUT2D eigenvalue weighted by atomic mass is 35.5. The summed E-state index contributed by atoms with van der Waals surface area (Å²) in [5, 5.41) is 7.80. The Morgan fingerprint density at radius 3 is 3.00 bits per heavy atom. The Morgan fingerprint density at radius 1 is 1.38 bits per heavy atom. The number of halogens is 1. The SMILES string of the molecule is ClCC1CCCCC1NCCn1cccn1. The largest absolute Gasteiger partial charge is 0.312 e. The highest BCUT2D eigenvalue weighted by molar-refractivity contribution is 6.18. The average Bonchev–Trinajstić information content (AvgIpc) is 2.83. The van der Waals surface area contributed by atoms with Gasteiger partial charge in [-0.2, -0.15) is 5.10 Å². The lowest BCUT2D eigenvalue weighted by Crippen LogP contribution is -2.40. The van der Waals surface area contributed by atoms with Crippen LogP contribution in [0.2, 0.25) is 0 Å². The van der Waals surface area contributed by atoms with E-state index >= 15 is 0 Å². The molecule has 3 nitrogen and oxygen atoms in total. The van der Waals surface area contributed by atoms with E-state index < -0.39 is 0 Å². The quantitative estimate of drug-likeness (QED) is 0.802. The lowest BCUT2D eigenvalue weighted by Gasteiger charge is -2.31. The van der Waals surface area contributed by atoms with Crippen molar-refractivity contribution in [1.29, 1.82) is 0 Å². The predicted molar refractivity (Wildman–Crippen MR) is 66.7 cm³/mol. The minimum absolute atomic E-state index is 0.613. The molecule has 1 aliphatic rings. The number of hydrogen-bond acceptors (Lipinski definition) is 2. The number of alkyl halides is 1. The molecular formula is C12H20ClN3. The summed E-state index contributed by atoms with van der Waals surface area (Å²) >= 11 is 6.00. The molecule has 0 bridgehead atoms. The van der Waals surface area contributed by atoms with Crippen molar-refractivity contribution < 1.29 is 0 Å². The summed E-state index contributed by atoms with van der Waals surface area (Å²) < 4.78 is 1.96. The van der Waals surface area contributed by atoms with E-state index in [4.69, 9.17) is 11.6 Å². The van der Waals surface area contributed by atoms with Crippen molar-refractivity contribution in [3.05, 3.63) is 18.5 Å². The molecule has 1 aromatic rings. The maximum absolute atomic E-state index is 6.00. The molecule has 2 atom stereocenters. The van der Waals surface area contributed by atoms with Gasteiger partial charge in [0.25, 0.3) is 0 Å². The number of nitrogens with zero attached hydrogens (tertiary/aromatic N) is 2. The van der Waals surface area contributed by atoms with Crippen LogP contribution >= 0.6 is 11.6 Å². The molecule has 90 valence electrons. The van der Waals surface area contributed by atoms with Crippen LogP contribution in [0.1, 0.15) is 25.7 Å². The zero-order valence-electron chi connectivity index (χ0n) is 9.61. The Morgan fingerprint density at radius 2 is 2.25 bits per heavy atom. The van der Waals surface area contributed by atoms with Gasteiger partial charge in [-0.1, -0.05) is 12.8 Å². The second kappa shape index (κ2) is 6.26. The molecule has 1 heterocycles. The first-order valence-electron chi connectivity index (χ1n) is 6.17. The minimum Gasteiger partial charge on any atom is -0.312 e. The third-order valence-corrected chi connectivity index (χ3v) is 3.81. The van der Waals surface area contributed by atoms with E-state index in [1.807, 2.05) is 23.1 Å². The molecule has 0 aromatic carbocycles. The summed E-state index contributed by atoms with van der Waals surface area (Å²) in [5.74, 6) is 1.45. The number of nitrogens with one attached hydrogen (secondary N) is 1. The Bertz CT molecular complexity index is 286. The van der Waals surface area contributed by atoms with Gasteiger partial charge in [-0.05, 0) is 24.8 Å². The van der Waals surface area contributed by atoms with Crippen molar-refractivity contribution in [2.45, 2.75) is 38.3 Å². The van der Waals surface area contributed by atoms with E-state index in [1.54, 1.807) is 0 Å². The minimum atomic E-state index is 0.613. The van der Waals surface area contributed by atoms with Crippen molar-refractivity contribution in [3.63, 3.8) is 0 Å². The van der Waals surface area contributed by atoms with Gasteiger partial charge in [-0.25, -0.2) is 0 Å². The van der Waals surface area contributed by atoms with Gasteiger partial charge in [0.15, 0.2) is 0 Å². The number of hydrogen-bond donors (Lipinski definition) is 1. The predicted octanol–water partition coefficient (Wildman–Crippen LogP) is 2.27. The van der Waals surface area contributed by atoms with Gasteiger partial charge in [-0.15, -0.1) is 11.6 Å². The van der Waals surface area contributed by atoms with E-state index in [-0.39, 0.29) is 0 Å². The summed E-state index contributed by atoms with van der Waals surface area (Å²) in [6.07, 6.45) is 9.06. The third-order valence-electron chi connectivity index (χ3n) is 3.41. The molecule has 2 unspecified atom stereocenters. The first kappa shape index (κ1) is 11.9. The average molecular weight is 242 g/mol. The van der Waals surface area contributed by atoms with E-state index in [2.05, 4.69) is 10.4 Å². The number of rotatable bonds is 5. The maximum Gasteiger partial charge on any atom is 0.0534 e. The van der Waals surface area contributed by atoms with E-state index in [9.17, 15) is 0 Å². The summed E-state index contributed by atoms with van der Waals surface area (Å²) in [6.45, 7) is 1.93. The van der Waals surface area contributed by atoms with Crippen LogP contribution in [0.15, 0.2) is 18.5 Å². The molecule has 1 N–H and O–H groups in total. The van der Waals surface area contributed by atoms with Crippen LogP contribution in [0.4, 0.5) is 0 Å². The van der Waals surface area contributed by atoms with Gasteiger partial charge in [0.1, 0.15) is 0 Å². The van der Waals surface area contributed by atoms with Crippen LogP contribution in [0, 0.1) is 5.92 Å². The second-order valence-corrected chi connectivity index (χ2v) is 4.84. The Labute approximate surface area is 102 Å². The van der Waals surface area contributed by atoms with Crippen LogP contribution in [-0.2, 0) is 6.54 Å². The van der Waals surface area contributed by atoms with E-state index in [1.165, 1.54) is 25.7 Å². The molecule has 1 fully saturated rings. The molecule has 0 saturated heterocycles. The molecule has 2 rings (SSSR count). The van der Waals surface area contributed by atoms with Crippen molar-refractivity contribution >= 4 is 11.6 Å². The van der Waals surface area contributed by atoms with Crippen molar-refractivity contribution in [2.24, 2.45) is 5.92 Å². The first-order chi connectivity index (χ1) is 7.90. The summed E-state index contributed by atoms with van der Waals surface area (Å²) in [5.41, 5.74) is 0. The van der Waals surface area contributed by atoms with Crippen molar-refractivity contribution in [3.8, 4) is 0 Å². The van der Waals surface area contributed by atoms with Gasteiger partial charge < -0.3 is 5.32 Å². The molecule has 0 radical (unpaired) electrons. The molecule has 1 aliphatic carbocycles. The topological polar surface area (TPSA) is 29.9 Å². The summed E-state index contributed by atoms with van der Waals surface area (Å²) in [6, 6.07) is 2.57. The van der Waals surface area contributed by atoms with Crippen LogP contribution in [0.3, 0.4) is 0 Å². The van der Waals surface area contributed by atoms with Crippen LogP contribution in [0.25, 0.3) is 0 Å². The molecule has 16 heavy (non-hydrogen) atoms. The van der Waals surface area contributed by atoms with Gasteiger partial charge in [0.2, 0.25) is 0 Å². The molecular weight excluding hydrogens is 222 g/mol. The van der Waals surface area contributed by atoms with Crippen LogP contribution in [-0.4, -0.2) is 28.2 Å². The normalized spacial score (nSPS) is 25.8. The standard InChI is InChI=1S/C12H20ClN3/c13-10-11-4-1-2-5-12(11)14-7-9-16-8-3-6-15-16/h3,6,8,11-12,14H,1-2,4-5,7,9-10H2. The van der Waals surface area contributed by atoms with Gasteiger partial charge in [0.05, 0.1) is 6.54 Å². The molecule has 1 saturated carbocycles. The fourth-order valence-corrected chi connectivity index (χ4v) is 2.83. The monoisotopic (exact) mass is 241 g/mol. The highest BCUT2D eigenvalue weighted by Crippen LogP contribution is 2.25. The lowest BCUT2D eigenvalue weighted by molar-refractivity contribution is 0.280. The smallest absolute Gasteiger partial charge is 0.0534 e. The Kier molecular flexibility index (Phi) is 4.67. The van der Waals surface area contributed by atoms with Crippen LogP contribution in [0.5, 0.6) is 0 Å². The van der Waals surface area contributed by atoms with Gasteiger partial charge >= 0.3 is 0 Å².